The van der Waals surface area contributed by atoms with E-state index in [1.807, 2.05) is 0 Å². The number of carboxylic acid groups (broad SMARTS) is 1. The van der Waals surface area contributed by atoms with Crippen LogP contribution in [0.25, 0.3) is 33.4 Å². The molecule has 33 heavy (non-hydrogen) atoms. The number of halogens is 1. The Morgan fingerprint density at radius 1 is 1.06 bits per heavy atom. The summed E-state index contributed by atoms with van der Waals surface area (Å²) in [4.78, 5) is 41.8. The van der Waals surface area contributed by atoms with Crippen LogP contribution in [-0.2, 0) is 4.84 Å². The SMILES string of the molecule is CNC(=O)c1c(-c2ccc(F)cc2)oc2cc([N+](=O)OC)c(-c3cccc(C(=O)O)c3)cc12. The molecule has 0 saturated carbocycles. The highest BCUT2D eigenvalue weighted by molar-refractivity contribution is 6.12. The van der Waals surface area contributed by atoms with E-state index < -0.39 is 17.7 Å². The minimum Gasteiger partial charge on any atom is -0.478 e. The summed E-state index contributed by atoms with van der Waals surface area (Å²) in [5.41, 5.74) is 1.72. The third kappa shape index (κ3) is 3.91. The molecule has 0 aliphatic heterocycles. The predicted molar refractivity (Wildman–Crippen MR) is 118 cm³/mol. The third-order valence-electron chi connectivity index (χ3n) is 5.15. The maximum absolute atomic E-state index is 13.4. The van der Waals surface area contributed by atoms with Gasteiger partial charge in [-0.25, -0.2) is 14.0 Å². The van der Waals surface area contributed by atoms with Crippen molar-refractivity contribution >= 4 is 28.5 Å². The Hall–Kier alpha value is -4.53. The Morgan fingerprint density at radius 2 is 1.79 bits per heavy atom. The summed E-state index contributed by atoms with van der Waals surface area (Å²) < 4.78 is 19.4. The Kier molecular flexibility index (Phi) is 5.61. The highest BCUT2D eigenvalue weighted by atomic mass is 19.1. The average Bonchev–Trinajstić information content (AvgIpc) is 3.21. The zero-order chi connectivity index (χ0) is 23.7. The van der Waals surface area contributed by atoms with Crippen LogP contribution in [0.1, 0.15) is 20.7 Å². The third-order valence-corrected chi connectivity index (χ3v) is 5.15. The molecule has 9 heteroatoms. The molecular weight excluding hydrogens is 431 g/mol. The molecule has 0 saturated heterocycles. The van der Waals surface area contributed by atoms with E-state index in [2.05, 4.69) is 5.32 Å². The number of furan rings is 1. The van der Waals surface area contributed by atoms with Crippen LogP contribution in [0.5, 0.6) is 0 Å². The molecule has 8 nitrogen and oxygen atoms in total. The molecule has 0 aliphatic carbocycles. The monoisotopic (exact) mass is 449 g/mol. The highest BCUT2D eigenvalue weighted by Gasteiger charge is 2.29. The number of carbonyl (C=O) groups excluding carboxylic acids is 1. The number of aromatic carboxylic acids is 1. The number of carbonyl (C=O) groups is 2. The van der Waals surface area contributed by atoms with Crippen molar-refractivity contribution in [1.82, 2.24) is 5.32 Å². The molecule has 4 rings (SSSR count). The zero-order valence-electron chi connectivity index (χ0n) is 17.6. The van der Waals surface area contributed by atoms with Crippen molar-refractivity contribution in [2.45, 2.75) is 0 Å². The van der Waals surface area contributed by atoms with Crippen molar-refractivity contribution in [2.24, 2.45) is 0 Å². The molecule has 0 radical (unpaired) electrons. The summed E-state index contributed by atoms with van der Waals surface area (Å²) in [5, 5.41) is 12.3. The lowest BCUT2D eigenvalue weighted by Gasteiger charge is -2.05. The second kappa shape index (κ2) is 8.54. The van der Waals surface area contributed by atoms with Gasteiger partial charge in [-0.1, -0.05) is 12.1 Å². The van der Waals surface area contributed by atoms with E-state index in [9.17, 15) is 24.0 Å². The van der Waals surface area contributed by atoms with Gasteiger partial charge in [0.1, 0.15) is 17.2 Å². The van der Waals surface area contributed by atoms with Gasteiger partial charge >= 0.3 is 11.7 Å². The minimum atomic E-state index is -1.13. The fraction of sp³-hybridized carbons (Fsp3) is 0.0833. The second-order valence-corrected chi connectivity index (χ2v) is 7.08. The van der Waals surface area contributed by atoms with Gasteiger partial charge in [0.05, 0.1) is 27.7 Å². The largest absolute Gasteiger partial charge is 0.478 e. The van der Waals surface area contributed by atoms with Crippen LogP contribution in [-0.4, -0.2) is 36.1 Å². The molecule has 1 aromatic heterocycles. The number of amides is 1. The van der Waals surface area contributed by atoms with E-state index in [0.717, 1.165) is 0 Å². The molecule has 0 spiro atoms. The summed E-state index contributed by atoms with van der Waals surface area (Å²) in [7, 11) is 2.65. The van der Waals surface area contributed by atoms with Gasteiger partial charge in [-0.15, -0.1) is 0 Å². The first-order valence-electron chi connectivity index (χ1n) is 9.77. The number of nitrogens with one attached hydrogen (secondary N) is 1. The van der Waals surface area contributed by atoms with Gasteiger partial charge in [-0.2, -0.15) is 0 Å². The molecule has 3 aromatic carbocycles. The van der Waals surface area contributed by atoms with Crippen molar-refractivity contribution in [1.29, 1.82) is 0 Å². The zero-order valence-corrected chi connectivity index (χ0v) is 17.6. The van der Waals surface area contributed by atoms with E-state index in [4.69, 9.17) is 9.25 Å². The summed E-state index contributed by atoms with van der Waals surface area (Å²) in [6.45, 7) is 0. The molecule has 2 N–H and O–H groups in total. The lowest BCUT2D eigenvalue weighted by atomic mass is 9.97. The molecule has 1 heterocycles. The molecule has 0 fully saturated rings. The van der Waals surface area contributed by atoms with Crippen LogP contribution in [0.15, 0.2) is 65.1 Å². The van der Waals surface area contributed by atoms with Gasteiger partial charge in [-0.05, 0) is 48.0 Å². The molecule has 0 unspecified atom stereocenters. The fourth-order valence-corrected chi connectivity index (χ4v) is 3.59. The number of nitrogens with zero attached hydrogens (tertiary/aromatic N) is 1. The molecule has 0 aliphatic rings. The van der Waals surface area contributed by atoms with Crippen LogP contribution in [0.4, 0.5) is 10.1 Å². The van der Waals surface area contributed by atoms with Gasteiger partial charge in [0.15, 0.2) is 7.11 Å². The first-order chi connectivity index (χ1) is 15.8. The van der Waals surface area contributed by atoms with E-state index in [-0.39, 0.29) is 33.1 Å². The standard InChI is InChI=1S/C24H17FN2O6/c1-26-23(28)21-18-11-17(14-4-3-5-15(10-14)24(29)30)19(27(31)32-2)12-20(18)33-22(21)13-6-8-16(25)9-7-13/h3-12H,1-2H3,(H-,26,28,29,30)/p+1. The van der Waals surface area contributed by atoms with E-state index in [1.54, 1.807) is 18.2 Å². The van der Waals surface area contributed by atoms with E-state index >= 15 is 0 Å². The first kappa shape index (κ1) is 21.7. The molecule has 4 aromatic rings. The van der Waals surface area contributed by atoms with Crippen molar-refractivity contribution < 1.29 is 33.3 Å². The summed E-state index contributed by atoms with van der Waals surface area (Å²) in [6, 6.07) is 14.5. The summed E-state index contributed by atoms with van der Waals surface area (Å²) in [5.74, 6) is -1.82. The van der Waals surface area contributed by atoms with Crippen LogP contribution >= 0.6 is 0 Å². The van der Waals surface area contributed by atoms with Crippen LogP contribution in [0.3, 0.4) is 0 Å². The maximum atomic E-state index is 13.4. The van der Waals surface area contributed by atoms with E-state index in [0.29, 0.717) is 22.1 Å². The average molecular weight is 449 g/mol. The molecule has 0 bridgehead atoms. The lowest BCUT2D eigenvalue weighted by molar-refractivity contribution is -0.736. The Bertz CT molecular complexity index is 1410. The number of carboxylic acids is 1. The normalized spacial score (nSPS) is 10.8. The van der Waals surface area contributed by atoms with E-state index in [1.165, 1.54) is 56.6 Å². The highest BCUT2D eigenvalue weighted by Crippen LogP contribution is 2.40. The second-order valence-electron chi connectivity index (χ2n) is 7.08. The van der Waals surface area contributed by atoms with Crippen molar-refractivity contribution in [3.8, 4) is 22.5 Å². The van der Waals surface area contributed by atoms with Gasteiger partial charge < -0.3 is 14.8 Å². The van der Waals surface area contributed by atoms with Gasteiger partial charge in [-0.3, -0.25) is 4.79 Å². The van der Waals surface area contributed by atoms with Crippen molar-refractivity contribution in [2.75, 3.05) is 14.2 Å². The quantitative estimate of drug-likeness (QED) is 0.404. The predicted octanol–water partition coefficient (Wildman–Crippen LogP) is 4.94. The van der Waals surface area contributed by atoms with Crippen LogP contribution in [0, 0.1) is 10.7 Å². The number of hydrogen-bond donors (Lipinski definition) is 2. The van der Waals surface area contributed by atoms with Gasteiger partial charge in [0, 0.05) is 18.0 Å². The molecule has 1 amide bonds. The van der Waals surface area contributed by atoms with Crippen LogP contribution in [0.2, 0.25) is 0 Å². The van der Waals surface area contributed by atoms with Gasteiger partial charge in [0.25, 0.3) is 10.8 Å². The Balaban J connectivity index is 2.05. The number of fused-ring (bicyclic) bond motifs is 1. The fourth-order valence-electron chi connectivity index (χ4n) is 3.59. The van der Waals surface area contributed by atoms with Crippen LogP contribution < -0.4 is 5.32 Å². The Labute approximate surface area is 186 Å². The van der Waals surface area contributed by atoms with Gasteiger partial charge in [0.2, 0.25) is 0 Å². The van der Waals surface area contributed by atoms with Crippen molar-refractivity contribution in [3.63, 3.8) is 0 Å². The lowest BCUT2D eigenvalue weighted by Crippen LogP contribution is -2.18. The number of hydrogen-bond acceptors (Lipinski definition) is 5. The minimum absolute atomic E-state index is 0.0270. The topological polar surface area (TPSA) is 109 Å². The summed E-state index contributed by atoms with van der Waals surface area (Å²) >= 11 is 0. The Morgan fingerprint density at radius 3 is 2.42 bits per heavy atom. The summed E-state index contributed by atoms with van der Waals surface area (Å²) in [6.07, 6.45) is 0. The number of benzene rings is 3. The molecule has 0 atom stereocenters. The number of rotatable bonds is 6. The smallest absolute Gasteiger partial charge is 0.335 e. The molecule has 166 valence electrons. The van der Waals surface area contributed by atoms with Crippen molar-refractivity contribution in [3.05, 3.63) is 82.5 Å². The molecular formula is C24H18FN2O6+. The maximum Gasteiger partial charge on any atom is 0.335 e. The first-order valence-corrected chi connectivity index (χ1v) is 9.77.